The molecule has 1 atom stereocenters. The third kappa shape index (κ3) is 4.63. The zero-order chi connectivity index (χ0) is 11.8. The van der Waals surface area contributed by atoms with Gasteiger partial charge in [-0.25, -0.2) is 0 Å². The number of benzene rings is 1. The molecule has 0 aromatic heterocycles. The first kappa shape index (κ1) is 13.0. The summed E-state index contributed by atoms with van der Waals surface area (Å²) < 4.78 is 0. The van der Waals surface area contributed by atoms with Crippen molar-refractivity contribution >= 4 is 6.08 Å². The molecule has 0 heterocycles. The molecule has 0 fully saturated rings. The lowest BCUT2D eigenvalue weighted by atomic mass is 10.1. The van der Waals surface area contributed by atoms with E-state index >= 15 is 0 Å². The van der Waals surface area contributed by atoms with E-state index < -0.39 is 0 Å². The lowest BCUT2D eigenvalue weighted by molar-refractivity contribution is 0.512. The molecule has 0 amide bonds. The summed E-state index contributed by atoms with van der Waals surface area (Å²) in [4.78, 5) is 0. The second-order valence-corrected chi connectivity index (χ2v) is 4.34. The van der Waals surface area contributed by atoms with Gasteiger partial charge in [-0.1, -0.05) is 50.3 Å². The van der Waals surface area contributed by atoms with Gasteiger partial charge in [-0.2, -0.15) is 0 Å². The summed E-state index contributed by atoms with van der Waals surface area (Å²) in [5.74, 6) is 0. The van der Waals surface area contributed by atoms with Crippen molar-refractivity contribution in [1.82, 2.24) is 5.32 Å². The van der Waals surface area contributed by atoms with Crippen LogP contribution in [0.2, 0.25) is 0 Å². The van der Waals surface area contributed by atoms with Crippen molar-refractivity contribution in [2.24, 2.45) is 0 Å². The molecule has 0 bridgehead atoms. The highest BCUT2D eigenvalue weighted by Crippen LogP contribution is 2.06. The molecule has 1 nitrogen and oxygen atoms in total. The minimum atomic E-state index is 0.637. The average Bonchev–Trinajstić information content (AvgIpc) is 2.30. The molecule has 1 aromatic rings. The highest BCUT2D eigenvalue weighted by molar-refractivity contribution is 5.47. The Morgan fingerprint density at radius 2 is 2.00 bits per heavy atom. The topological polar surface area (TPSA) is 12.0 Å². The van der Waals surface area contributed by atoms with Crippen LogP contribution in [0.4, 0.5) is 0 Å². The molecule has 0 aliphatic carbocycles. The summed E-state index contributed by atoms with van der Waals surface area (Å²) in [7, 11) is 0. The van der Waals surface area contributed by atoms with E-state index in [-0.39, 0.29) is 0 Å². The van der Waals surface area contributed by atoms with Crippen LogP contribution in [0.3, 0.4) is 0 Å². The number of nitrogens with one attached hydrogen (secondary N) is 1. The van der Waals surface area contributed by atoms with Gasteiger partial charge in [-0.05, 0) is 37.4 Å². The Kier molecular flexibility index (Phi) is 5.87. The number of rotatable bonds is 7. The largest absolute Gasteiger partial charge is 0.314 e. The summed E-state index contributed by atoms with van der Waals surface area (Å²) >= 11 is 0. The van der Waals surface area contributed by atoms with Gasteiger partial charge in [0.25, 0.3) is 0 Å². The minimum absolute atomic E-state index is 0.637. The Labute approximate surface area is 99.6 Å². The van der Waals surface area contributed by atoms with E-state index in [0.717, 1.165) is 13.0 Å². The number of hydrogen-bond donors (Lipinski definition) is 1. The standard InChI is InChI=1S/C15H23N/c1-4-6-13(3)16-12-11-15-9-7-14(5-2)8-10-15/h5,7-10,13,16H,2,4,6,11-12H2,1,3H3. The molecule has 1 rings (SSSR count). The second-order valence-electron chi connectivity index (χ2n) is 4.34. The molecule has 1 aromatic carbocycles. The molecular formula is C15H23N. The Bertz CT molecular complexity index is 300. The van der Waals surface area contributed by atoms with Crippen LogP contribution in [0.25, 0.3) is 6.08 Å². The molecule has 0 aliphatic rings. The smallest absolute Gasteiger partial charge is 0.00387 e. The molecule has 0 saturated heterocycles. The number of hydrogen-bond acceptors (Lipinski definition) is 1. The van der Waals surface area contributed by atoms with Crippen molar-refractivity contribution in [2.45, 2.75) is 39.2 Å². The SMILES string of the molecule is C=Cc1ccc(CCNC(C)CCC)cc1. The zero-order valence-corrected chi connectivity index (χ0v) is 10.5. The molecule has 1 heteroatoms. The molecular weight excluding hydrogens is 194 g/mol. The van der Waals surface area contributed by atoms with Gasteiger partial charge >= 0.3 is 0 Å². The van der Waals surface area contributed by atoms with Gasteiger partial charge in [0.05, 0.1) is 0 Å². The van der Waals surface area contributed by atoms with Gasteiger partial charge in [0, 0.05) is 6.04 Å². The Balaban J connectivity index is 2.28. The Morgan fingerprint density at radius 1 is 1.31 bits per heavy atom. The van der Waals surface area contributed by atoms with Gasteiger partial charge in [0.1, 0.15) is 0 Å². The monoisotopic (exact) mass is 217 g/mol. The molecule has 1 unspecified atom stereocenters. The predicted octanol–water partition coefficient (Wildman–Crippen LogP) is 3.65. The maximum atomic E-state index is 3.75. The van der Waals surface area contributed by atoms with Crippen molar-refractivity contribution in [3.63, 3.8) is 0 Å². The maximum Gasteiger partial charge on any atom is 0.00387 e. The third-order valence-corrected chi connectivity index (χ3v) is 2.84. The van der Waals surface area contributed by atoms with Crippen LogP contribution in [0.1, 0.15) is 37.8 Å². The Hall–Kier alpha value is -1.08. The fraction of sp³-hybridized carbons (Fsp3) is 0.467. The maximum absolute atomic E-state index is 3.75. The quantitative estimate of drug-likeness (QED) is 0.735. The van der Waals surface area contributed by atoms with E-state index in [2.05, 4.69) is 50.0 Å². The van der Waals surface area contributed by atoms with Gasteiger partial charge in [-0.3, -0.25) is 0 Å². The van der Waals surface area contributed by atoms with Gasteiger partial charge < -0.3 is 5.32 Å². The second kappa shape index (κ2) is 7.24. The highest BCUT2D eigenvalue weighted by Gasteiger charge is 1.99. The van der Waals surface area contributed by atoms with Crippen molar-refractivity contribution in [3.8, 4) is 0 Å². The van der Waals surface area contributed by atoms with E-state index in [1.54, 1.807) is 0 Å². The van der Waals surface area contributed by atoms with Crippen LogP contribution in [0, 0.1) is 0 Å². The average molecular weight is 217 g/mol. The van der Waals surface area contributed by atoms with Crippen molar-refractivity contribution in [3.05, 3.63) is 42.0 Å². The van der Waals surface area contributed by atoms with E-state index in [1.165, 1.54) is 24.0 Å². The molecule has 1 N–H and O–H groups in total. The van der Waals surface area contributed by atoms with Crippen LogP contribution in [0.15, 0.2) is 30.8 Å². The third-order valence-electron chi connectivity index (χ3n) is 2.84. The van der Waals surface area contributed by atoms with Gasteiger partial charge in [0.15, 0.2) is 0 Å². The predicted molar refractivity (Wildman–Crippen MR) is 72.6 cm³/mol. The molecule has 0 aliphatic heterocycles. The van der Waals surface area contributed by atoms with Crippen LogP contribution in [-0.2, 0) is 6.42 Å². The van der Waals surface area contributed by atoms with Crippen LogP contribution >= 0.6 is 0 Å². The summed E-state index contributed by atoms with van der Waals surface area (Å²) in [6, 6.07) is 9.25. The first-order valence-electron chi connectivity index (χ1n) is 6.21. The normalized spacial score (nSPS) is 12.4. The summed E-state index contributed by atoms with van der Waals surface area (Å²) in [5, 5.41) is 3.54. The lowest BCUT2D eigenvalue weighted by Crippen LogP contribution is -2.27. The van der Waals surface area contributed by atoms with Crippen molar-refractivity contribution in [1.29, 1.82) is 0 Å². The van der Waals surface area contributed by atoms with Gasteiger partial charge in [0.2, 0.25) is 0 Å². The van der Waals surface area contributed by atoms with Crippen LogP contribution in [0.5, 0.6) is 0 Å². The molecule has 0 spiro atoms. The van der Waals surface area contributed by atoms with E-state index in [9.17, 15) is 0 Å². The fourth-order valence-corrected chi connectivity index (χ4v) is 1.82. The van der Waals surface area contributed by atoms with Gasteiger partial charge in [-0.15, -0.1) is 0 Å². The van der Waals surface area contributed by atoms with Crippen LogP contribution in [-0.4, -0.2) is 12.6 Å². The first-order valence-corrected chi connectivity index (χ1v) is 6.21. The molecule has 0 saturated carbocycles. The fourth-order valence-electron chi connectivity index (χ4n) is 1.82. The van der Waals surface area contributed by atoms with E-state index in [1.807, 2.05) is 6.08 Å². The van der Waals surface area contributed by atoms with Crippen molar-refractivity contribution in [2.75, 3.05) is 6.54 Å². The van der Waals surface area contributed by atoms with Crippen LogP contribution < -0.4 is 5.32 Å². The summed E-state index contributed by atoms with van der Waals surface area (Å²) in [5.41, 5.74) is 2.58. The summed E-state index contributed by atoms with van der Waals surface area (Å²) in [6.07, 6.45) is 5.49. The molecule has 16 heavy (non-hydrogen) atoms. The van der Waals surface area contributed by atoms with Crippen molar-refractivity contribution < 1.29 is 0 Å². The first-order chi connectivity index (χ1) is 7.76. The zero-order valence-electron chi connectivity index (χ0n) is 10.5. The molecule has 88 valence electrons. The molecule has 0 radical (unpaired) electrons. The highest BCUT2D eigenvalue weighted by atomic mass is 14.9. The summed E-state index contributed by atoms with van der Waals surface area (Å²) in [6.45, 7) is 9.30. The Morgan fingerprint density at radius 3 is 2.56 bits per heavy atom. The van der Waals surface area contributed by atoms with E-state index in [4.69, 9.17) is 0 Å². The lowest BCUT2D eigenvalue weighted by Gasteiger charge is -2.12. The van der Waals surface area contributed by atoms with E-state index in [0.29, 0.717) is 6.04 Å². The minimum Gasteiger partial charge on any atom is -0.314 e.